The van der Waals surface area contributed by atoms with Crippen LogP contribution >= 0.6 is 37.2 Å². The number of hydrogen-bond donors (Lipinski definition) is 2. The van der Waals surface area contributed by atoms with Gasteiger partial charge >= 0.3 is 5.97 Å². The average Bonchev–Trinajstić information content (AvgIpc) is 3.22. The van der Waals surface area contributed by atoms with Crippen LogP contribution in [0.4, 0.5) is 17.5 Å². The summed E-state index contributed by atoms with van der Waals surface area (Å²) >= 11 is 0. The molecule has 0 fully saturated rings. The highest BCUT2D eigenvalue weighted by Crippen LogP contribution is 2.37. The molecular formula is C26H28Cl3N5O2. The fourth-order valence-electron chi connectivity index (χ4n) is 4.50. The van der Waals surface area contributed by atoms with E-state index in [1.165, 1.54) is 11.3 Å². The summed E-state index contributed by atoms with van der Waals surface area (Å²) in [5.74, 6) is 0.306. The van der Waals surface area contributed by atoms with E-state index in [1.54, 1.807) is 6.20 Å². The summed E-state index contributed by atoms with van der Waals surface area (Å²) in [4.78, 5) is 22.9. The minimum absolute atomic E-state index is 0. The van der Waals surface area contributed by atoms with Crippen LogP contribution in [0.25, 0.3) is 21.9 Å². The van der Waals surface area contributed by atoms with Gasteiger partial charge < -0.3 is 21.1 Å². The highest BCUT2D eigenvalue weighted by atomic mass is 35.5. The molecule has 1 aliphatic heterocycles. The van der Waals surface area contributed by atoms with Crippen LogP contribution in [0.15, 0.2) is 60.8 Å². The van der Waals surface area contributed by atoms with Crippen LogP contribution in [0, 0.1) is 0 Å². The van der Waals surface area contributed by atoms with Crippen LogP contribution in [-0.4, -0.2) is 29.1 Å². The first-order valence-electron chi connectivity index (χ1n) is 11.0. The molecule has 36 heavy (non-hydrogen) atoms. The molecule has 1 aliphatic rings. The first-order chi connectivity index (χ1) is 16.0. The van der Waals surface area contributed by atoms with Crippen molar-refractivity contribution in [3.8, 4) is 11.1 Å². The molecule has 7 nitrogen and oxygen atoms in total. The highest BCUT2D eigenvalue weighted by molar-refractivity contribution is 6.09. The zero-order valence-corrected chi connectivity index (χ0v) is 22.1. The summed E-state index contributed by atoms with van der Waals surface area (Å²) < 4.78 is 5.25. The lowest BCUT2D eigenvalue weighted by Crippen LogP contribution is -2.21. The fourth-order valence-corrected chi connectivity index (χ4v) is 4.50. The first kappa shape index (κ1) is 29.0. The number of nitrogens with two attached hydrogens (primary N) is 2. The third-order valence-corrected chi connectivity index (χ3v) is 6.08. The number of hydrogen-bond acceptors (Lipinski definition) is 7. The molecule has 4 N–H and O–H groups in total. The quantitative estimate of drug-likeness (QED) is 0.319. The molecule has 0 spiro atoms. The van der Waals surface area contributed by atoms with Gasteiger partial charge in [0.15, 0.2) is 0 Å². The largest absolute Gasteiger partial charge is 0.462 e. The van der Waals surface area contributed by atoms with Crippen molar-refractivity contribution >= 4 is 71.4 Å². The Hall–Kier alpha value is -3.26. The summed E-state index contributed by atoms with van der Waals surface area (Å²) in [5, 5.41) is 1.93. The molecule has 5 rings (SSSR count). The van der Waals surface area contributed by atoms with Gasteiger partial charge in [-0.1, -0.05) is 36.4 Å². The third kappa shape index (κ3) is 5.43. The van der Waals surface area contributed by atoms with Gasteiger partial charge in [0.1, 0.15) is 5.82 Å². The van der Waals surface area contributed by atoms with Crippen molar-refractivity contribution in [2.45, 2.75) is 19.9 Å². The summed E-state index contributed by atoms with van der Waals surface area (Å²) in [6.07, 6.45) is 2.64. The molecule has 0 bridgehead atoms. The number of halogens is 3. The van der Waals surface area contributed by atoms with Crippen molar-refractivity contribution in [2.75, 3.05) is 29.5 Å². The van der Waals surface area contributed by atoms with E-state index in [0.717, 1.165) is 40.4 Å². The van der Waals surface area contributed by atoms with Crippen LogP contribution in [0.3, 0.4) is 0 Å². The number of fused-ring (bicyclic) bond motifs is 2. The monoisotopic (exact) mass is 547 g/mol. The van der Waals surface area contributed by atoms with Gasteiger partial charge in [0.2, 0.25) is 5.95 Å². The number of nitrogens with zero attached hydrogens (tertiary/aromatic N) is 3. The molecule has 10 heteroatoms. The Morgan fingerprint density at radius 2 is 1.78 bits per heavy atom. The minimum Gasteiger partial charge on any atom is -0.462 e. The van der Waals surface area contributed by atoms with Gasteiger partial charge in [-0.15, -0.1) is 37.2 Å². The van der Waals surface area contributed by atoms with E-state index in [0.29, 0.717) is 24.5 Å². The predicted octanol–water partition coefficient (Wildman–Crippen LogP) is 5.47. The van der Waals surface area contributed by atoms with Gasteiger partial charge in [-0.2, -0.15) is 4.98 Å². The van der Waals surface area contributed by atoms with E-state index < -0.39 is 0 Å². The molecule has 0 aliphatic carbocycles. The molecule has 0 radical (unpaired) electrons. The average molecular weight is 549 g/mol. The van der Waals surface area contributed by atoms with Crippen molar-refractivity contribution in [3.05, 3.63) is 77.5 Å². The second-order valence-electron chi connectivity index (χ2n) is 8.08. The van der Waals surface area contributed by atoms with E-state index in [9.17, 15) is 4.79 Å². The molecule has 1 aromatic heterocycles. The van der Waals surface area contributed by atoms with Crippen LogP contribution in [0.1, 0.15) is 28.4 Å². The maximum absolute atomic E-state index is 12.4. The minimum atomic E-state index is -0.296. The number of rotatable bonds is 5. The van der Waals surface area contributed by atoms with Gasteiger partial charge in [-0.25, -0.2) is 9.78 Å². The number of carbonyl (C=O) groups is 1. The Balaban J connectivity index is 0.00000152. The lowest BCUT2D eigenvalue weighted by atomic mass is 9.94. The molecule has 4 aromatic rings. The standard InChI is InChI=1S/C26H25N5O2.3ClH/c1-2-33-25(32)22-9-8-19(20-5-3-4-6-21(20)22)16-7-10-23-17(13-16)11-12-31(23)15-18-14-29-26(28)30-24(18)27;;;/h3-10,13-14H,2,11-12,15H2,1H3,(H4,27,28,29,30);3*1H. The van der Waals surface area contributed by atoms with Crippen molar-refractivity contribution < 1.29 is 9.53 Å². The van der Waals surface area contributed by atoms with Gasteiger partial charge in [0, 0.05) is 30.5 Å². The molecule has 0 saturated heterocycles. The second kappa shape index (κ2) is 12.1. The Morgan fingerprint density at radius 1 is 1.03 bits per heavy atom. The van der Waals surface area contributed by atoms with Gasteiger partial charge in [0.05, 0.1) is 12.2 Å². The Kier molecular flexibility index (Phi) is 9.76. The fraction of sp³-hybridized carbons (Fsp3) is 0.192. The summed E-state index contributed by atoms with van der Waals surface area (Å²) in [6, 6.07) is 18.4. The Bertz CT molecular complexity index is 1380. The van der Waals surface area contributed by atoms with Gasteiger partial charge in [0.25, 0.3) is 0 Å². The SMILES string of the molecule is CCOC(=O)c1ccc(-c2ccc3c(c2)CCN3Cc2cnc(N)nc2N)c2ccccc12.Cl.Cl.Cl. The molecular weight excluding hydrogens is 521 g/mol. The van der Waals surface area contributed by atoms with Gasteiger partial charge in [-0.3, -0.25) is 0 Å². The van der Waals surface area contributed by atoms with E-state index >= 15 is 0 Å². The van der Waals surface area contributed by atoms with Crippen molar-refractivity contribution in [3.63, 3.8) is 0 Å². The molecule has 0 saturated carbocycles. The molecule has 0 unspecified atom stereocenters. The summed E-state index contributed by atoms with van der Waals surface area (Å²) in [5.41, 5.74) is 17.8. The zero-order chi connectivity index (χ0) is 22.9. The van der Waals surface area contributed by atoms with Crippen LogP contribution < -0.4 is 16.4 Å². The number of esters is 1. The van der Waals surface area contributed by atoms with Crippen LogP contribution in [-0.2, 0) is 17.7 Å². The second-order valence-corrected chi connectivity index (χ2v) is 8.08. The zero-order valence-electron chi connectivity index (χ0n) is 19.6. The number of anilines is 3. The molecule has 3 aromatic carbocycles. The smallest absolute Gasteiger partial charge is 0.338 e. The molecule has 0 atom stereocenters. The topological polar surface area (TPSA) is 107 Å². The molecule has 190 valence electrons. The van der Waals surface area contributed by atoms with E-state index in [2.05, 4.69) is 39.1 Å². The van der Waals surface area contributed by atoms with Crippen molar-refractivity contribution in [2.24, 2.45) is 0 Å². The predicted molar refractivity (Wildman–Crippen MR) is 153 cm³/mol. The molecule has 0 amide bonds. The van der Waals surface area contributed by atoms with Gasteiger partial charge in [-0.05, 0) is 59.0 Å². The lowest BCUT2D eigenvalue weighted by Gasteiger charge is -2.20. The Labute approximate surface area is 228 Å². The number of aromatic nitrogens is 2. The van der Waals surface area contributed by atoms with Crippen LogP contribution in [0.5, 0.6) is 0 Å². The number of carbonyl (C=O) groups excluding carboxylic acids is 1. The van der Waals surface area contributed by atoms with E-state index in [-0.39, 0.29) is 49.1 Å². The number of nitrogen functional groups attached to an aromatic ring is 2. The first-order valence-corrected chi connectivity index (χ1v) is 11.0. The number of ether oxygens (including phenoxy) is 1. The maximum Gasteiger partial charge on any atom is 0.338 e. The number of benzene rings is 3. The van der Waals surface area contributed by atoms with Crippen molar-refractivity contribution in [1.82, 2.24) is 9.97 Å². The maximum atomic E-state index is 12.4. The Morgan fingerprint density at radius 3 is 2.50 bits per heavy atom. The molecule has 2 heterocycles. The normalized spacial score (nSPS) is 11.6. The van der Waals surface area contributed by atoms with Crippen molar-refractivity contribution in [1.29, 1.82) is 0 Å². The van der Waals surface area contributed by atoms with Crippen LogP contribution in [0.2, 0.25) is 0 Å². The summed E-state index contributed by atoms with van der Waals surface area (Å²) in [7, 11) is 0. The lowest BCUT2D eigenvalue weighted by molar-refractivity contribution is 0.0528. The third-order valence-electron chi connectivity index (χ3n) is 6.08. The van der Waals surface area contributed by atoms with E-state index in [4.69, 9.17) is 16.2 Å². The van der Waals surface area contributed by atoms with E-state index in [1.807, 2.05) is 37.3 Å². The summed E-state index contributed by atoms with van der Waals surface area (Å²) in [6.45, 7) is 3.70. The highest BCUT2D eigenvalue weighted by Gasteiger charge is 2.22.